The molecule has 0 aliphatic carbocycles. The van der Waals surface area contributed by atoms with Gasteiger partial charge in [0.05, 0.1) is 7.11 Å². The fourth-order valence-electron chi connectivity index (χ4n) is 3.20. The molecule has 152 valence electrons. The Hall–Kier alpha value is -2.50. The molecule has 0 bridgehead atoms. The molecule has 1 unspecified atom stereocenters. The number of benzene rings is 1. The van der Waals surface area contributed by atoms with Gasteiger partial charge in [-0.15, -0.1) is 11.8 Å². The summed E-state index contributed by atoms with van der Waals surface area (Å²) in [5.41, 5.74) is 7.37. The first-order valence-corrected chi connectivity index (χ1v) is 10.8. The zero-order valence-corrected chi connectivity index (χ0v) is 17.4. The lowest BCUT2D eigenvalue weighted by Gasteiger charge is -2.48. The lowest BCUT2D eigenvalue weighted by atomic mass is 10.0. The number of fused-ring (bicyclic) bond motifs is 1. The highest BCUT2D eigenvalue weighted by Gasteiger charge is 2.51. The summed E-state index contributed by atoms with van der Waals surface area (Å²) in [7, 11) is 3.40. The zero-order chi connectivity index (χ0) is 20.7. The fraction of sp³-hybridized carbons (Fsp3) is 0.333. The summed E-state index contributed by atoms with van der Waals surface area (Å²) < 4.78 is 6.82. The van der Waals surface area contributed by atoms with Crippen molar-refractivity contribution in [3.63, 3.8) is 0 Å². The van der Waals surface area contributed by atoms with Crippen molar-refractivity contribution in [3.8, 4) is 17.1 Å². The number of thioether (sulfide) groups is 2. The van der Waals surface area contributed by atoms with Gasteiger partial charge in [-0.3, -0.25) is 9.69 Å². The Morgan fingerprint density at radius 1 is 1.41 bits per heavy atom. The monoisotopic (exact) mass is 433 g/mol. The highest BCUT2D eigenvalue weighted by atomic mass is 32.2. The predicted octanol–water partition coefficient (Wildman–Crippen LogP) is 1.16. The van der Waals surface area contributed by atoms with Crippen LogP contribution in [-0.2, 0) is 16.6 Å². The molecule has 4 rings (SSSR count). The van der Waals surface area contributed by atoms with Gasteiger partial charge in [0, 0.05) is 24.1 Å². The van der Waals surface area contributed by atoms with E-state index >= 15 is 0 Å². The molecule has 1 aromatic carbocycles. The highest BCUT2D eigenvalue weighted by Crippen LogP contribution is 2.40. The van der Waals surface area contributed by atoms with Gasteiger partial charge in [0.1, 0.15) is 22.9 Å². The number of aromatic nitrogens is 3. The van der Waals surface area contributed by atoms with Crippen LogP contribution in [0.2, 0.25) is 0 Å². The van der Waals surface area contributed by atoms with E-state index in [0.717, 1.165) is 11.3 Å². The van der Waals surface area contributed by atoms with Crippen LogP contribution in [0.4, 0.5) is 0 Å². The van der Waals surface area contributed by atoms with E-state index in [-0.39, 0.29) is 17.0 Å². The number of carbonyl (C=O) groups is 2. The summed E-state index contributed by atoms with van der Waals surface area (Å²) in [6.07, 6.45) is 0. The Labute approximate surface area is 175 Å². The number of hydrogen-bond acceptors (Lipinski definition) is 8. The number of amides is 1. The summed E-state index contributed by atoms with van der Waals surface area (Å²) in [6.45, 7) is 0. The molecule has 2 atom stereocenters. The van der Waals surface area contributed by atoms with Gasteiger partial charge in [-0.1, -0.05) is 11.8 Å². The van der Waals surface area contributed by atoms with E-state index in [9.17, 15) is 14.7 Å². The van der Waals surface area contributed by atoms with Gasteiger partial charge in [0.2, 0.25) is 5.91 Å². The van der Waals surface area contributed by atoms with Crippen molar-refractivity contribution < 1.29 is 19.4 Å². The molecular weight excluding hydrogens is 414 g/mol. The first-order chi connectivity index (χ1) is 13.9. The van der Waals surface area contributed by atoms with Crippen LogP contribution >= 0.6 is 23.5 Å². The zero-order valence-electron chi connectivity index (χ0n) is 15.7. The van der Waals surface area contributed by atoms with E-state index in [2.05, 4.69) is 10.1 Å². The Kier molecular flexibility index (Phi) is 5.28. The number of carboxylic acids is 1. The largest absolute Gasteiger partial charge is 0.497 e. The number of hydrogen-bond donors (Lipinski definition) is 2. The molecule has 0 radical (unpaired) electrons. The summed E-state index contributed by atoms with van der Waals surface area (Å²) in [5.74, 6) is 0.785. The molecule has 1 amide bonds. The van der Waals surface area contributed by atoms with Crippen LogP contribution in [-0.4, -0.2) is 66.7 Å². The van der Waals surface area contributed by atoms with Gasteiger partial charge in [-0.05, 0) is 29.8 Å². The second kappa shape index (κ2) is 7.73. The number of nitrogens with two attached hydrogens (primary N) is 1. The van der Waals surface area contributed by atoms with Crippen LogP contribution in [0.5, 0.6) is 5.75 Å². The molecule has 0 saturated carbocycles. The van der Waals surface area contributed by atoms with Crippen LogP contribution in [0.25, 0.3) is 11.4 Å². The van der Waals surface area contributed by atoms with Gasteiger partial charge >= 0.3 is 5.97 Å². The fourth-order valence-corrected chi connectivity index (χ4v) is 5.54. The third kappa shape index (κ3) is 3.49. The van der Waals surface area contributed by atoms with Crippen molar-refractivity contribution in [1.82, 2.24) is 19.7 Å². The number of carbonyl (C=O) groups excluding carboxylic acids is 1. The van der Waals surface area contributed by atoms with Crippen LogP contribution in [0, 0.1) is 0 Å². The first kappa shape index (κ1) is 19.8. The van der Waals surface area contributed by atoms with Crippen LogP contribution in [0.3, 0.4) is 0 Å². The minimum Gasteiger partial charge on any atom is -0.497 e. The average molecular weight is 434 g/mol. The molecule has 2 aliphatic rings. The molecular formula is C18H19N5O4S2. The van der Waals surface area contributed by atoms with E-state index in [1.807, 2.05) is 24.3 Å². The topological polar surface area (TPSA) is 124 Å². The maximum Gasteiger partial charge on any atom is 0.352 e. The Morgan fingerprint density at radius 2 is 2.14 bits per heavy atom. The van der Waals surface area contributed by atoms with Gasteiger partial charge in [0.25, 0.3) is 0 Å². The van der Waals surface area contributed by atoms with E-state index in [1.165, 1.54) is 28.4 Å². The highest BCUT2D eigenvalue weighted by molar-refractivity contribution is 8.01. The summed E-state index contributed by atoms with van der Waals surface area (Å²) >= 11 is 2.88. The number of β-lactam (4-membered cyclic amide) rings is 1. The molecule has 11 heteroatoms. The average Bonchev–Trinajstić information content (AvgIpc) is 3.11. The van der Waals surface area contributed by atoms with Crippen molar-refractivity contribution >= 4 is 35.4 Å². The molecule has 9 nitrogen and oxygen atoms in total. The van der Waals surface area contributed by atoms with E-state index in [0.29, 0.717) is 28.1 Å². The second-order valence-corrected chi connectivity index (χ2v) is 8.60. The molecule has 1 saturated heterocycles. The van der Waals surface area contributed by atoms with Gasteiger partial charge < -0.3 is 15.6 Å². The Morgan fingerprint density at radius 3 is 2.79 bits per heavy atom. The van der Waals surface area contributed by atoms with Gasteiger partial charge in [-0.25, -0.2) is 14.5 Å². The number of aliphatic carboxylic acids is 1. The SMILES string of the molecule is COc1ccc(-c2nc(SCC3=C(C(=O)O)N4C(=O)[C@@H](N)C4SC3)n(C)n2)cc1. The molecule has 29 heavy (non-hydrogen) atoms. The van der Waals surface area contributed by atoms with Gasteiger partial charge in [0.15, 0.2) is 11.0 Å². The van der Waals surface area contributed by atoms with Crippen LogP contribution in [0.15, 0.2) is 40.7 Å². The van der Waals surface area contributed by atoms with Crippen molar-refractivity contribution in [1.29, 1.82) is 0 Å². The Balaban J connectivity index is 1.53. The molecule has 2 aromatic rings. The minimum atomic E-state index is -1.11. The molecule has 3 N–H and O–H groups in total. The number of rotatable bonds is 6. The van der Waals surface area contributed by atoms with E-state index in [4.69, 9.17) is 10.5 Å². The summed E-state index contributed by atoms with van der Waals surface area (Å²) in [6, 6.07) is 6.81. The lowest BCUT2D eigenvalue weighted by Crippen LogP contribution is -2.68. The third-order valence-corrected chi connectivity index (χ3v) is 7.20. The van der Waals surface area contributed by atoms with E-state index in [1.54, 1.807) is 18.8 Å². The predicted molar refractivity (Wildman–Crippen MR) is 109 cm³/mol. The Bertz CT molecular complexity index is 1000. The molecule has 1 fully saturated rings. The molecule has 2 aliphatic heterocycles. The van der Waals surface area contributed by atoms with Crippen molar-refractivity contribution in [2.75, 3.05) is 18.6 Å². The van der Waals surface area contributed by atoms with Crippen molar-refractivity contribution in [2.45, 2.75) is 16.6 Å². The normalized spacial score (nSPS) is 21.1. The standard InChI is InChI=1S/C18H19N5O4S2/c1-22-18(20-14(21-22)9-3-5-11(27-2)6-4-9)29-8-10-7-28-16-12(19)15(24)23(16)13(10)17(25)26/h3-6,12,16H,7-8,19H2,1-2H3,(H,25,26)/t12-,16?/m1/s1. The number of nitrogens with zero attached hydrogens (tertiary/aromatic N) is 4. The number of aryl methyl sites for hydroxylation is 1. The summed E-state index contributed by atoms with van der Waals surface area (Å²) in [5, 5.41) is 14.4. The smallest absolute Gasteiger partial charge is 0.352 e. The number of ether oxygens (including phenoxy) is 1. The maximum absolute atomic E-state index is 12.0. The quantitative estimate of drug-likeness (QED) is 0.510. The minimum absolute atomic E-state index is 0.0468. The van der Waals surface area contributed by atoms with Crippen LogP contribution in [0.1, 0.15) is 0 Å². The van der Waals surface area contributed by atoms with Crippen molar-refractivity contribution in [2.24, 2.45) is 12.8 Å². The molecule has 1 aromatic heterocycles. The van der Waals surface area contributed by atoms with Crippen LogP contribution < -0.4 is 10.5 Å². The molecule has 0 spiro atoms. The van der Waals surface area contributed by atoms with E-state index < -0.39 is 12.0 Å². The first-order valence-electron chi connectivity index (χ1n) is 8.74. The maximum atomic E-state index is 12.0. The number of methoxy groups -OCH3 is 1. The lowest BCUT2D eigenvalue weighted by molar-refractivity contribution is -0.147. The van der Waals surface area contributed by atoms with Crippen molar-refractivity contribution in [3.05, 3.63) is 35.5 Å². The second-order valence-electron chi connectivity index (χ2n) is 6.55. The number of carboxylic acid groups (broad SMARTS) is 1. The third-order valence-electron chi connectivity index (χ3n) is 4.74. The molecule has 3 heterocycles. The summed E-state index contributed by atoms with van der Waals surface area (Å²) in [4.78, 5) is 29.7. The van der Waals surface area contributed by atoms with Gasteiger partial charge in [-0.2, -0.15) is 5.10 Å².